The van der Waals surface area contributed by atoms with Crippen LogP contribution in [0.25, 0.3) is 10.8 Å². The molecule has 3 N–H and O–H groups in total. The van der Waals surface area contributed by atoms with Gasteiger partial charge in [0.15, 0.2) is 5.88 Å². The third kappa shape index (κ3) is 8.08. The summed E-state index contributed by atoms with van der Waals surface area (Å²) in [6.45, 7) is 4.01. The number of ether oxygens (including phenoxy) is 2. The minimum atomic E-state index is -3.91. The molecule has 0 radical (unpaired) electrons. The van der Waals surface area contributed by atoms with Gasteiger partial charge in [-0.1, -0.05) is 49.3 Å². The highest BCUT2D eigenvalue weighted by atomic mass is 32.2. The third-order valence-corrected chi connectivity index (χ3v) is 14.8. The summed E-state index contributed by atoms with van der Waals surface area (Å²) in [4.78, 5) is 72.0. The molecule has 5 fully saturated rings. The molecule has 306 valence electrons. The van der Waals surface area contributed by atoms with Crippen LogP contribution in [-0.2, 0) is 35.7 Å². The van der Waals surface area contributed by atoms with Crippen LogP contribution < -0.4 is 25.7 Å². The van der Waals surface area contributed by atoms with Gasteiger partial charge in [0.25, 0.3) is 11.5 Å². The molecule has 15 heteroatoms. The lowest BCUT2D eigenvalue weighted by molar-refractivity contribution is -0.142. The molecule has 4 saturated carbocycles. The normalized spacial score (nSPS) is 31.7. The number of benzene rings is 1. The van der Waals surface area contributed by atoms with Gasteiger partial charge in [0.05, 0.1) is 11.8 Å². The third-order valence-electron chi connectivity index (χ3n) is 13.0. The first-order valence-corrected chi connectivity index (χ1v) is 22.2. The molecule has 8 rings (SSSR count). The van der Waals surface area contributed by atoms with Crippen molar-refractivity contribution in [3.63, 3.8) is 0 Å². The van der Waals surface area contributed by atoms with Crippen molar-refractivity contribution < 1.29 is 37.1 Å². The lowest BCUT2D eigenvalue weighted by atomic mass is 9.96. The second-order valence-electron chi connectivity index (χ2n) is 16.9. The Hall–Kier alpha value is -4.66. The SMILES string of the molecule is C=C[C@@H]1C[C@]1(NC(=O)[C@@H]1C[C@@H]2CN1C(=O)[C@H](C1CCCC1)NC(=O)O[C@@H]1CCC[C@H]1CCC/C=C/Cn1c(cc3ccccc3c1=O)O2)C(=O)NS(=O)(=O)C1CC1. The molecular formula is C42H53N5O9S. The number of nitrogens with zero attached hydrogens (tertiary/aromatic N) is 2. The number of rotatable bonds is 7. The molecule has 4 aliphatic carbocycles. The first-order chi connectivity index (χ1) is 27.5. The quantitative estimate of drug-likeness (QED) is 0.346. The van der Waals surface area contributed by atoms with E-state index in [0.29, 0.717) is 36.5 Å². The molecule has 0 unspecified atom stereocenters. The van der Waals surface area contributed by atoms with Crippen LogP contribution in [0.3, 0.4) is 0 Å². The Balaban J connectivity index is 1.14. The molecule has 14 nitrogen and oxygen atoms in total. The second kappa shape index (κ2) is 15.9. The number of carbonyl (C=O) groups excluding carboxylic acids is 4. The van der Waals surface area contributed by atoms with Gasteiger partial charge in [-0.05, 0) is 93.9 Å². The maximum atomic E-state index is 14.9. The number of hydrogen-bond donors (Lipinski definition) is 3. The molecule has 57 heavy (non-hydrogen) atoms. The highest BCUT2D eigenvalue weighted by Gasteiger charge is 2.62. The summed E-state index contributed by atoms with van der Waals surface area (Å²) in [6, 6.07) is 6.93. The van der Waals surface area contributed by atoms with E-state index in [1.54, 1.807) is 16.7 Å². The van der Waals surface area contributed by atoms with E-state index in [0.717, 1.165) is 51.4 Å². The highest BCUT2D eigenvalue weighted by Crippen LogP contribution is 2.46. The summed E-state index contributed by atoms with van der Waals surface area (Å²) >= 11 is 0. The van der Waals surface area contributed by atoms with Crippen LogP contribution in [0.2, 0.25) is 0 Å². The fraction of sp³-hybridized carbons (Fsp3) is 0.595. The minimum absolute atomic E-state index is 0.0108. The summed E-state index contributed by atoms with van der Waals surface area (Å²) in [6.07, 6.45) is 13.3. The summed E-state index contributed by atoms with van der Waals surface area (Å²) in [5.74, 6) is -2.17. The van der Waals surface area contributed by atoms with Crippen molar-refractivity contribution in [3.8, 4) is 5.88 Å². The van der Waals surface area contributed by atoms with E-state index < -0.39 is 68.7 Å². The lowest BCUT2D eigenvalue weighted by Crippen LogP contribution is -2.59. The van der Waals surface area contributed by atoms with E-state index in [1.807, 2.05) is 24.3 Å². The van der Waals surface area contributed by atoms with E-state index in [1.165, 1.54) is 11.0 Å². The number of carbonyl (C=O) groups is 4. The summed E-state index contributed by atoms with van der Waals surface area (Å²) in [5, 5.41) is 6.34. The monoisotopic (exact) mass is 803 g/mol. The highest BCUT2D eigenvalue weighted by molar-refractivity contribution is 7.91. The Bertz CT molecular complexity index is 2130. The molecule has 4 amide bonds. The minimum Gasteiger partial charge on any atom is -0.473 e. The molecule has 1 aromatic carbocycles. The zero-order valence-electron chi connectivity index (χ0n) is 32.2. The van der Waals surface area contributed by atoms with E-state index in [2.05, 4.69) is 28.0 Å². The van der Waals surface area contributed by atoms with Gasteiger partial charge in [0.1, 0.15) is 29.8 Å². The number of hydrogen-bond acceptors (Lipinski definition) is 9. The molecule has 7 atom stereocenters. The molecule has 1 aromatic heterocycles. The van der Waals surface area contributed by atoms with Crippen LogP contribution in [0.4, 0.5) is 4.79 Å². The van der Waals surface area contributed by atoms with Crippen LogP contribution in [0.5, 0.6) is 5.88 Å². The molecule has 3 heterocycles. The molecule has 1 saturated heterocycles. The van der Waals surface area contributed by atoms with Gasteiger partial charge >= 0.3 is 6.09 Å². The van der Waals surface area contributed by atoms with Gasteiger partial charge in [-0.25, -0.2) is 13.2 Å². The van der Waals surface area contributed by atoms with Crippen molar-refractivity contribution in [2.45, 2.75) is 132 Å². The fourth-order valence-corrected chi connectivity index (χ4v) is 10.9. The maximum absolute atomic E-state index is 14.9. The number of alkyl carbamates (subject to hydrolysis) is 1. The smallest absolute Gasteiger partial charge is 0.408 e. The van der Waals surface area contributed by atoms with Crippen LogP contribution >= 0.6 is 0 Å². The molecule has 2 aliphatic heterocycles. The summed E-state index contributed by atoms with van der Waals surface area (Å²) in [5.41, 5.74) is -1.79. The van der Waals surface area contributed by atoms with Crippen LogP contribution in [0, 0.1) is 17.8 Å². The Labute approximate surface area is 332 Å². The van der Waals surface area contributed by atoms with Crippen LogP contribution in [0.15, 0.2) is 59.9 Å². The van der Waals surface area contributed by atoms with Gasteiger partial charge in [-0.15, -0.1) is 6.58 Å². The van der Waals surface area contributed by atoms with E-state index in [4.69, 9.17) is 9.47 Å². The predicted molar refractivity (Wildman–Crippen MR) is 211 cm³/mol. The van der Waals surface area contributed by atoms with E-state index in [-0.39, 0.29) is 55.3 Å². The average molecular weight is 804 g/mol. The lowest BCUT2D eigenvalue weighted by Gasteiger charge is -2.32. The predicted octanol–water partition coefficient (Wildman–Crippen LogP) is 4.21. The summed E-state index contributed by atoms with van der Waals surface area (Å²) < 4.78 is 42.0. The Morgan fingerprint density at radius 2 is 1.68 bits per heavy atom. The van der Waals surface area contributed by atoms with Gasteiger partial charge in [0.2, 0.25) is 21.8 Å². The van der Waals surface area contributed by atoms with Gasteiger partial charge in [0, 0.05) is 30.3 Å². The molecule has 6 aliphatic rings. The standard InChI is InChI=1S/C42H53N5O9S/c1-2-29-24-42(29,40(51)45-57(53,54)31-19-20-31)44-37(48)33-23-30-25-47(33)39(50)36(27-13-6-7-14-27)43-41(52)56-34-18-11-16-26(34)12-5-3-4-10-21-46-35(55-30)22-28-15-8-9-17-32(28)38(46)49/h2,4,8-10,15,17,22,26-27,29-31,33-34,36H,1,3,5-7,11-14,16,18-21,23-25H2,(H,43,52)(H,44,48)(H,45,51)/b10-4+/t26-,29-,30-,33+,34-,36+,42-/m1/s1. The number of pyridine rings is 1. The maximum Gasteiger partial charge on any atom is 0.408 e. The molecule has 2 bridgehead atoms. The molecule has 2 aromatic rings. The Morgan fingerprint density at radius 1 is 0.930 bits per heavy atom. The number of nitrogens with one attached hydrogen (secondary N) is 3. The Morgan fingerprint density at radius 3 is 2.44 bits per heavy atom. The number of aromatic nitrogens is 1. The van der Waals surface area contributed by atoms with Crippen molar-refractivity contribution in [1.29, 1.82) is 0 Å². The second-order valence-corrected chi connectivity index (χ2v) is 18.8. The molecule has 0 spiro atoms. The number of amides is 4. The first-order valence-electron chi connectivity index (χ1n) is 20.7. The largest absolute Gasteiger partial charge is 0.473 e. The number of sulfonamides is 1. The topological polar surface area (TPSA) is 182 Å². The van der Waals surface area contributed by atoms with E-state index >= 15 is 0 Å². The zero-order valence-corrected chi connectivity index (χ0v) is 33.1. The van der Waals surface area contributed by atoms with E-state index in [9.17, 15) is 32.4 Å². The summed E-state index contributed by atoms with van der Waals surface area (Å²) in [7, 11) is -3.91. The number of fused-ring (bicyclic) bond motifs is 5. The van der Waals surface area contributed by atoms with Crippen LogP contribution in [-0.4, -0.2) is 83.3 Å². The van der Waals surface area contributed by atoms with Gasteiger partial charge in [-0.2, -0.15) is 0 Å². The van der Waals surface area contributed by atoms with Crippen molar-refractivity contribution in [2.75, 3.05) is 6.54 Å². The first kappa shape index (κ1) is 39.2. The van der Waals surface area contributed by atoms with Crippen molar-refractivity contribution in [2.24, 2.45) is 17.8 Å². The average Bonchev–Trinajstić information content (AvgIpc) is 3.98. The van der Waals surface area contributed by atoms with Gasteiger partial charge in [-0.3, -0.25) is 28.5 Å². The van der Waals surface area contributed by atoms with Crippen molar-refractivity contribution in [3.05, 3.63) is 65.5 Å². The molecular weight excluding hydrogens is 751 g/mol. The van der Waals surface area contributed by atoms with Crippen molar-refractivity contribution in [1.82, 2.24) is 24.8 Å². The van der Waals surface area contributed by atoms with Crippen molar-refractivity contribution >= 4 is 44.6 Å². The van der Waals surface area contributed by atoms with Crippen LogP contribution in [0.1, 0.15) is 89.9 Å². The fourth-order valence-electron chi connectivity index (χ4n) is 9.54. The van der Waals surface area contributed by atoms with Gasteiger partial charge < -0.3 is 25.0 Å². The Kier molecular flexibility index (Phi) is 11.0. The zero-order chi connectivity index (χ0) is 39.9. The number of allylic oxidation sites excluding steroid dienone is 2.